The summed E-state index contributed by atoms with van der Waals surface area (Å²) in [6.45, 7) is 0. The number of carbonyl (C=O) groups is 1. The summed E-state index contributed by atoms with van der Waals surface area (Å²) in [5, 5.41) is 1.69. The number of pyridine rings is 1. The van der Waals surface area contributed by atoms with Crippen LogP contribution in [0.1, 0.15) is 10.4 Å². The van der Waals surface area contributed by atoms with Gasteiger partial charge in [0, 0.05) is 44.7 Å². The maximum atomic E-state index is 12.7. The van der Waals surface area contributed by atoms with Gasteiger partial charge in [-0.05, 0) is 24.3 Å². The van der Waals surface area contributed by atoms with E-state index in [1.54, 1.807) is 0 Å². The number of benzene rings is 2. The van der Waals surface area contributed by atoms with Crippen molar-refractivity contribution in [3.8, 4) is 22.3 Å². The van der Waals surface area contributed by atoms with E-state index in [1.165, 1.54) is 43.8 Å². The number of nitrogens with zero attached hydrogens (tertiary/aromatic N) is 1. The Kier molecular flexibility index (Phi) is 6.65. The van der Waals surface area contributed by atoms with Gasteiger partial charge in [0.15, 0.2) is 0 Å². The molecule has 0 fully saturated rings. The highest BCUT2D eigenvalue weighted by atomic mass is 35.5. The molecule has 0 aliphatic carbocycles. The Hall–Kier alpha value is -1.20. The molecule has 3 aromatic rings. The molecule has 0 radical (unpaired) electrons. The Balaban J connectivity index is 2.41. The van der Waals surface area contributed by atoms with Crippen LogP contribution in [-0.4, -0.2) is 18.1 Å². The number of hydrogen-bond acceptors (Lipinski definition) is 3. The van der Waals surface area contributed by atoms with Crippen LogP contribution in [0.2, 0.25) is 30.1 Å². The first-order valence-electron chi connectivity index (χ1n) is 7.60. The van der Waals surface area contributed by atoms with Crippen molar-refractivity contribution in [2.75, 3.05) is 7.11 Å². The molecular formula is C19H9Cl6NO2. The van der Waals surface area contributed by atoms with Gasteiger partial charge in [-0.3, -0.25) is 4.98 Å². The second-order valence-electron chi connectivity index (χ2n) is 5.59. The molecule has 2 aromatic carbocycles. The second kappa shape index (κ2) is 8.66. The number of halogens is 6. The molecule has 0 bridgehead atoms. The third-order valence-corrected chi connectivity index (χ3v) is 5.52. The summed E-state index contributed by atoms with van der Waals surface area (Å²) in [6, 6.07) is 6.06. The fourth-order valence-corrected chi connectivity index (χ4v) is 4.80. The number of aromatic nitrogens is 1. The van der Waals surface area contributed by atoms with E-state index in [-0.39, 0.29) is 25.7 Å². The first-order chi connectivity index (χ1) is 13.2. The lowest BCUT2D eigenvalue weighted by molar-refractivity contribution is 0.0602. The standard InChI is InChI=1S/C19H9Cl6NO2/c1-28-19(27)16-10(17-12(22)2-8(20)3-13(17)23)6-26-7-11(16)18-14(24)4-9(21)5-15(18)25/h2-7H,1H3. The van der Waals surface area contributed by atoms with Crippen molar-refractivity contribution in [2.45, 2.75) is 0 Å². The van der Waals surface area contributed by atoms with Crippen LogP contribution in [0.4, 0.5) is 0 Å². The molecule has 0 unspecified atom stereocenters. The fraction of sp³-hybridized carbons (Fsp3) is 0.0526. The van der Waals surface area contributed by atoms with Crippen LogP contribution in [0, 0.1) is 0 Å². The quantitative estimate of drug-likeness (QED) is 0.344. The van der Waals surface area contributed by atoms with E-state index in [0.717, 1.165) is 0 Å². The van der Waals surface area contributed by atoms with Gasteiger partial charge in [-0.15, -0.1) is 0 Å². The van der Waals surface area contributed by atoms with Gasteiger partial charge in [-0.25, -0.2) is 4.79 Å². The minimum absolute atomic E-state index is 0.148. The Morgan fingerprint density at radius 1 is 0.750 bits per heavy atom. The van der Waals surface area contributed by atoms with Gasteiger partial charge < -0.3 is 4.74 Å². The minimum atomic E-state index is -0.642. The highest BCUT2D eigenvalue weighted by molar-refractivity contribution is 6.43. The summed E-state index contributed by atoms with van der Waals surface area (Å²) >= 11 is 37.4. The van der Waals surface area contributed by atoms with Crippen molar-refractivity contribution >= 4 is 75.6 Å². The number of ether oxygens (including phenoxy) is 1. The van der Waals surface area contributed by atoms with Crippen LogP contribution >= 0.6 is 69.6 Å². The summed E-state index contributed by atoms with van der Waals surface area (Å²) < 4.78 is 4.98. The van der Waals surface area contributed by atoms with E-state index in [1.807, 2.05) is 0 Å². The molecule has 0 N–H and O–H groups in total. The van der Waals surface area contributed by atoms with Crippen molar-refractivity contribution in [1.82, 2.24) is 4.98 Å². The SMILES string of the molecule is COC(=O)c1c(-c2c(Cl)cc(Cl)cc2Cl)cncc1-c1c(Cl)cc(Cl)cc1Cl. The molecule has 0 atom stereocenters. The van der Waals surface area contributed by atoms with E-state index in [0.29, 0.717) is 32.3 Å². The van der Waals surface area contributed by atoms with Gasteiger partial charge in [-0.2, -0.15) is 0 Å². The molecule has 1 aromatic heterocycles. The fourth-order valence-electron chi connectivity index (χ4n) is 2.76. The van der Waals surface area contributed by atoms with Gasteiger partial charge in [0.05, 0.1) is 32.8 Å². The average Bonchev–Trinajstić information content (AvgIpc) is 2.59. The molecule has 0 saturated heterocycles. The van der Waals surface area contributed by atoms with Crippen LogP contribution in [0.3, 0.4) is 0 Å². The molecule has 144 valence electrons. The van der Waals surface area contributed by atoms with Gasteiger partial charge in [0.2, 0.25) is 0 Å². The monoisotopic (exact) mass is 493 g/mol. The summed E-state index contributed by atoms with van der Waals surface area (Å²) in [7, 11) is 1.26. The maximum absolute atomic E-state index is 12.7. The van der Waals surface area contributed by atoms with Crippen molar-refractivity contribution in [3.63, 3.8) is 0 Å². The first-order valence-corrected chi connectivity index (χ1v) is 9.87. The highest BCUT2D eigenvalue weighted by Gasteiger charge is 2.25. The smallest absolute Gasteiger partial charge is 0.339 e. The zero-order valence-corrected chi connectivity index (χ0v) is 18.5. The van der Waals surface area contributed by atoms with Crippen molar-refractivity contribution in [2.24, 2.45) is 0 Å². The molecule has 0 aliphatic rings. The number of methoxy groups -OCH3 is 1. The third-order valence-electron chi connectivity index (χ3n) is 3.89. The van der Waals surface area contributed by atoms with Gasteiger partial charge in [-0.1, -0.05) is 69.6 Å². The largest absolute Gasteiger partial charge is 0.465 e. The lowest BCUT2D eigenvalue weighted by atomic mass is 9.94. The van der Waals surface area contributed by atoms with Gasteiger partial charge >= 0.3 is 5.97 Å². The Morgan fingerprint density at radius 3 is 1.43 bits per heavy atom. The predicted octanol–water partition coefficient (Wildman–Crippen LogP) is 8.12. The van der Waals surface area contributed by atoms with Crippen LogP contribution in [0.15, 0.2) is 36.7 Å². The van der Waals surface area contributed by atoms with Crippen molar-refractivity contribution in [1.29, 1.82) is 0 Å². The zero-order chi connectivity index (χ0) is 20.6. The molecule has 0 aliphatic heterocycles. The molecule has 28 heavy (non-hydrogen) atoms. The van der Waals surface area contributed by atoms with Crippen molar-refractivity contribution < 1.29 is 9.53 Å². The van der Waals surface area contributed by atoms with Crippen LogP contribution in [0.5, 0.6) is 0 Å². The number of esters is 1. The molecule has 3 rings (SSSR count). The van der Waals surface area contributed by atoms with Gasteiger partial charge in [0.1, 0.15) is 0 Å². The Morgan fingerprint density at radius 2 is 1.11 bits per heavy atom. The van der Waals surface area contributed by atoms with Crippen molar-refractivity contribution in [3.05, 3.63) is 72.4 Å². The normalized spacial score (nSPS) is 10.8. The Bertz CT molecular complexity index is 978. The van der Waals surface area contributed by atoms with Crippen LogP contribution < -0.4 is 0 Å². The molecular weight excluding hydrogens is 487 g/mol. The summed E-state index contributed by atoms with van der Waals surface area (Å²) in [4.78, 5) is 16.9. The Labute approximate surface area is 191 Å². The van der Waals surface area contributed by atoms with E-state index in [2.05, 4.69) is 4.98 Å². The molecule has 1 heterocycles. The lowest BCUT2D eigenvalue weighted by Crippen LogP contribution is -2.08. The summed E-state index contributed by atoms with van der Waals surface area (Å²) in [5.41, 5.74) is 1.60. The topological polar surface area (TPSA) is 39.2 Å². The highest BCUT2D eigenvalue weighted by Crippen LogP contribution is 2.44. The van der Waals surface area contributed by atoms with Crippen LogP contribution in [0.25, 0.3) is 22.3 Å². The average molecular weight is 496 g/mol. The van der Waals surface area contributed by atoms with Crippen LogP contribution in [-0.2, 0) is 4.74 Å². The number of rotatable bonds is 3. The second-order valence-corrected chi connectivity index (χ2v) is 8.09. The van der Waals surface area contributed by atoms with E-state index in [9.17, 15) is 4.79 Å². The van der Waals surface area contributed by atoms with E-state index < -0.39 is 5.97 Å². The third kappa shape index (κ3) is 4.06. The number of carbonyl (C=O) groups excluding carboxylic acids is 1. The maximum Gasteiger partial charge on any atom is 0.339 e. The van der Waals surface area contributed by atoms with E-state index >= 15 is 0 Å². The van der Waals surface area contributed by atoms with E-state index in [4.69, 9.17) is 74.3 Å². The zero-order valence-electron chi connectivity index (χ0n) is 14.0. The molecule has 0 spiro atoms. The minimum Gasteiger partial charge on any atom is -0.465 e. The molecule has 0 saturated carbocycles. The first kappa shape index (κ1) is 21.5. The number of hydrogen-bond donors (Lipinski definition) is 0. The molecule has 0 amide bonds. The molecule has 3 nitrogen and oxygen atoms in total. The van der Waals surface area contributed by atoms with Gasteiger partial charge in [0.25, 0.3) is 0 Å². The lowest BCUT2D eigenvalue weighted by Gasteiger charge is -2.17. The summed E-state index contributed by atoms with van der Waals surface area (Å²) in [6.07, 6.45) is 2.91. The summed E-state index contributed by atoms with van der Waals surface area (Å²) in [5.74, 6) is -0.642. The predicted molar refractivity (Wildman–Crippen MR) is 117 cm³/mol. The molecule has 9 heteroatoms.